The highest BCUT2D eigenvalue weighted by Crippen LogP contribution is 2.24. The lowest BCUT2D eigenvalue weighted by Gasteiger charge is -2.18. The van der Waals surface area contributed by atoms with Crippen LogP contribution >= 0.6 is 0 Å². The predicted octanol–water partition coefficient (Wildman–Crippen LogP) is 3.59. The van der Waals surface area contributed by atoms with Gasteiger partial charge in [0.05, 0.1) is 19.3 Å². The third-order valence-electron chi connectivity index (χ3n) is 4.17. The van der Waals surface area contributed by atoms with Gasteiger partial charge in [0.15, 0.2) is 5.78 Å². The second-order valence-electron chi connectivity index (χ2n) is 6.59. The molecule has 0 heterocycles. The van der Waals surface area contributed by atoms with Gasteiger partial charge in [-0.25, -0.2) is 0 Å². The lowest BCUT2D eigenvalue weighted by molar-refractivity contribution is -0.117. The van der Waals surface area contributed by atoms with Crippen LogP contribution in [0.15, 0.2) is 36.4 Å². The van der Waals surface area contributed by atoms with E-state index in [4.69, 9.17) is 4.74 Å². The Morgan fingerprint density at radius 2 is 1.73 bits per heavy atom. The average molecular weight is 354 g/mol. The zero-order valence-electron chi connectivity index (χ0n) is 16.1. The summed E-state index contributed by atoms with van der Waals surface area (Å²) in [5, 5.41) is 2.83. The van der Waals surface area contributed by atoms with Gasteiger partial charge in [-0.05, 0) is 56.6 Å². The zero-order chi connectivity index (χ0) is 19.3. The number of nitrogens with zero attached hydrogens (tertiary/aromatic N) is 1. The van der Waals surface area contributed by atoms with Gasteiger partial charge in [0, 0.05) is 12.1 Å². The van der Waals surface area contributed by atoms with Gasteiger partial charge >= 0.3 is 0 Å². The molecular weight excluding hydrogens is 328 g/mol. The summed E-state index contributed by atoms with van der Waals surface area (Å²) in [7, 11) is 3.57. The molecule has 2 aromatic carbocycles. The maximum Gasteiger partial charge on any atom is 0.238 e. The molecule has 1 N–H and O–H groups in total. The van der Waals surface area contributed by atoms with E-state index < -0.39 is 0 Å². The van der Waals surface area contributed by atoms with E-state index in [-0.39, 0.29) is 18.2 Å². The quantitative estimate of drug-likeness (QED) is 0.772. The Morgan fingerprint density at radius 3 is 2.31 bits per heavy atom. The number of methoxy groups -OCH3 is 1. The van der Waals surface area contributed by atoms with E-state index in [0.717, 1.165) is 22.4 Å². The number of likely N-dealkylation sites (N-methyl/N-ethyl adjacent to an activating group) is 1. The minimum Gasteiger partial charge on any atom is -0.496 e. The Hall–Kier alpha value is -2.66. The Labute approximate surface area is 155 Å². The first kappa shape index (κ1) is 19.7. The molecule has 0 radical (unpaired) electrons. The molecule has 0 atom stereocenters. The first-order valence-electron chi connectivity index (χ1n) is 8.54. The summed E-state index contributed by atoms with van der Waals surface area (Å²) in [6.45, 7) is 6.40. The monoisotopic (exact) mass is 354 g/mol. The van der Waals surface area contributed by atoms with E-state index in [1.807, 2.05) is 25.8 Å². The number of Topliss-reactive ketones (excluding diaryl/α,β-unsaturated/α-hetero) is 1. The van der Waals surface area contributed by atoms with E-state index in [9.17, 15) is 9.59 Å². The lowest BCUT2D eigenvalue weighted by Crippen LogP contribution is -2.30. The molecule has 0 bridgehead atoms. The van der Waals surface area contributed by atoms with Crippen molar-refractivity contribution < 1.29 is 14.3 Å². The molecule has 0 saturated heterocycles. The van der Waals surface area contributed by atoms with Crippen molar-refractivity contribution in [1.29, 1.82) is 0 Å². The van der Waals surface area contributed by atoms with Crippen LogP contribution in [0, 0.1) is 13.8 Å². The molecule has 5 nitrogen and oxygen atoms in total. The molecule has 0 aliphatic heterocycles. The van der Waals surface area contributed by atoms with Gasteiger partial charge < -0.3 is 10.1 Å². The molecule has 0 aromatic heterocycles. The minimum atomic E-state index is -0.150. The summed E-state index contributed by atoms with van der Waals surface area (Å²) in [5.41, 5.74) is 4.35. The number of ketones is 1. The molecule has 2 rings (SSSR count). The van der Waals surface area contributed by atoms with Crippen molar-refractivity contribution in [3.05, 3.63) is 58.7 Å². The highest BCUT2D eigenvalue weighted by atomic mass is 16.5. The maximum atomic E-state index is 12.3. The van der Waals surface area contributed by atoms with E-state index >= 15 is 0 Å². The maximum absolute atomic E-state index is 12.3. The Morgan fingerprint density at radius 1 is 1.12 bits per heavy atom. The van der Waals surface area contributed by atoms with Crippen LogP contribution in [0.25, 0.3) is 0 Å². The number of carbonyl (C=O) groups excluding carboxylic acids is 2. The summed E-state index contributed by atoms with van der Waals surface area (Å²) in [5.74, 6) is 0.677. The number of ether oxygens (including phenoxy) is 1. The topological polar surface area (TPSA) is 58.6 Å². The molecule has 0 unspecified atom stereocenters. The number of amides is 1. The van der Waals surface area contributed by atoms with Crippen LogP contribution in [-0.2, 0) is 11.3 Å². The number of benzene rings is 2. The Balaban J connectivity index is 2.01. The van der Waals surface area contributed by atoms with Gasteiger partial charge in [0.2, 0.25) is 5.91 Å². The number of rotatable bonds is 7. The molecule has 0 saturated carbocycles. The molecular formula is C21H26N2O3. The first-order chi connectivity index (χ1) is 12.3. The number of hydrogen-bond donors (Lipinski definition) is 1. The van der Waals surface area contributed by atoms with E-state index in [1.54, 1.807) is 31.4 Å². The van der Waals surface area contributed by atoms with Crippen molar-refractivity contribution in [2.45, 2.75) is 27.3 Å². The molecule has 5 heteroatoms. The van der Waals surface area contributed by atoms with Crippen molar-refractivity contribution in [2.75, 3.05) is 26.0 Å². The highest BCUT2D eigenvalue weighted by Gasteiger charge is 2.13. The number of para-hydroxylation sites is 1. The fraction of sp³-hybridized carbons (Fsp3) is 0.333. The van der Waals surface area contributed by atoms with Crippen molar-refractivity contribution in [3.63, 3.8) is 0 Å². The molecule has 0 fully saturated rings. The summed E-state index contributed by atoms with van der Waals surface area (Å²) < 4.78 is 5.39. The normalized spacial score (nSPS) is 10.7. The smallest absolute Gasteiger partial charge is 0.238 e. The van der Waals surface area contributed by atoms with Crippen LogP contribution < -0.4 is 10.1 Å². The fourth-order valence-electron chi connectivity index (χ4n) is 3.15. The molecule has 138 valence electrons. The molecule has 0 aliphatic carbocycles. The Bertz CT molecular complexity index is 792. The number of aryl methyl sites for hydroxylation is 2. The third-order valence-corrected chi connectivity index (χ3v) is 4.17. The van der Waals surface area contributed by atoms with Crippen LogP contribution in [-0.4, -0.2) is 37.3 Å². The zero-order valence-corrected chi connectivity index (χ0v) is 16.1. The third kappa shape index (κ3) is 4.92. The van der Waals surface area contributed by atoms with Gasteiger partial charge in [0.1, 0.15) is 5.75 Å². The van der Waals surface area contributed by atoms with Gasteiger partial charge in [-0.3, -0.25) is 14.5 Å². The Kier molecular flexibility index (Phi) is 6.52. The van der Waals surface area contributed by atoms with Crippen molar-refractivity contribution in [2.24, 2.45) is 0 Å². The van der Waals surface area contributed by atoms with Crippen LogP contribution in [0.5, 0.6) is 5.75 Å². The summed E-state index contributed by atoms with van der Waals surface area (Å²) in [6.07, 6.45) is 0. The van der Waals surface area contributed by atoms with Gasteiger partial charge in [0.25, 0.3) is 0 Å². The lowest BCUT2D eigenvalue weighted by atomic mass is 10.1. The molecule has 26 heavy (non-hydrogen) atoms. The van der Waals surface area contributed by atoms with E-state index in [2.05, 4.69) is 17.4 Å². The number of carbonyl (C=O) groups is 2. The molecule has 1 amide bonds. The summed E-state index contributed by atoms with van der Waals surface area (Å²) in [6, 6.07) is 11.2. The first-order valence-corrected chi connectivity index (χ1v) is 8.54. The van der Waals surface area contributed by atoms with Gasteiger partial charge in [-0.15, -0.1) is 0 Å². The van der Waals surface area contributed by atoms with Crippen LogP contribution in [0.2, 0.25) is 0 Å². The minimum absolute atomic E-state index is 0.0709. The van der Waals surface area contributed by atoms with Crippen molar-refractivity contribution in [3.8, 4) is 5.75 Å². The van der Waals surface area contributed by atoms with E-state index in [0.29, 0.717) is 17.8 Å². The SMILES string of the molecule is COc1c(C)cc(CN(C)CC(=O)Nc2ccccc2C(C)=O)cc1C. The molecule has 2 aromatic rings. The second-order valence-corrected chi connectivity index (χ2v) is 6.59. The molecule has 0 spiro atoms. The standard InChI is InChI=1S/C21H26N2O3/c1-14-10-17(11-15(2)21(14)26-5)12-23(4)13-20(25)22-19-9-7-6-8-18(19)16(3)24/h6-11H,12-13H2,1-5H3,(H,22,25). The van der Waals surface area contributed by atoms with Crippen molar-refractivity contribution in [1.82, 2.24) is 4.90 Å². The fourth-order valence-corrected chi connectivity index (χ4v) is 3.15. The molecule has 0 aliphatic rings. The van der Waals surface area contributed by atoms with Crippen molar-refractivity contribution >= 4 is 17.4 Å². The number of nitrogens with one attached hydrogen (secondary N) is 1. The van der Waals surface area contributed by atoms with Crippen LogP contribution in [0.4, 0.5) is 5.69 Å². The summed E-state index contributed by atoms with van der Waals surface area (Å²) >= 11 is 0. The van der Waals surface area contributed by atoms with Gasteiger partial charge in [-0.2, -0.15) is 0 Å². The summed E-state index contributed by atoms with van der Waals surface area (Å²) in [4.78, 5) is 25.9. The van der Waals surface area contributed by atoms with Crippen LogP contribution in [0.3, 0.4) is 0 Å². The largest absolute Gasteiger partial charge is 0.496 e. The van der Waals surface area contributed by atoms with E-state index in [1.165, 1.54) is 6.92 Å². The second kappa shape index (κ2) is 8.63. The highest BCUT2D eigenvalue weighted by molar-refractivity contribution is 6.04. The average Bonchev–Trinajstić information content (AvgIpc) is 2.54. The predicted molar refractivity (Wildman–Crippen MR) is 104 cm³/mol. The number of anilines is 1. The number of hydrogen-bond acceptors (Lipinski definition) is 4. The van der Waals surface area contributed by atoms with Crippen LogP contribution in [0.1, 0.15) is 34.0 Å². The van der Waals surface area contributed by atoms with Gasteiger partial charge in [-0.1, -0.05) is 24.3 Å².